The minimum atomic E-state index is 0.0358. The number of halogens is 1. The Morgan fingerprint density at radius 1 is 1.28 bits per heavy atom. The van der Waals surface area contributed by atoms with Gasteiger partial charge >= 0.3 is 0 Å². The lowest BCUT2D eigenvalue weighted by Gasteiger charge is -2.09. The van der Waals surface area contributed by atoms with Crippen molar-refractivity contribution in [3.63, 3.8) is 0 Å². The number of hydrogen-bond donors (Lipinski definition) is 1. The third kappa shape index (κ3) is 3.22. The molecule has 0 bridgehead atoms. The van der Waals surface area contributed by atoms with E-state index in [9.17, 15) is 0 Å². The van der Waals surface area contributed by atoms with Crippen molar-refractivity contribution in [2.24, 2.45) is 5.73 Å². The van der Waals surface area contributed by atoms with Gasteiger partial charge in [-0.1, -0.05) is 23.7 Å². The Hall–Kier alpha value is -1.58. The van der Waals surface area contributed by atoms with Gasteiger partial charge in [0.05, 0.1) is 5.02 Å². The standard InChI is InChI=1S/C14H15ClN2O/c1-10(16)11-2-4-13(5-3-11)18-9-12-6-7-17-8-14(12)15/h2-8,10H,9,16H2,1H3. The molecule has 2 aromatic rings. The molecule has 1 aromatic heterocycles. The summed E-state index contributed by atoms with van der Waals surface area (Å²) >= 11 is 6.00. The summed E-state index contributed by atoms with van der Waals surface area (Å²) in [6.45, 7) is 2.38. The summed E-state index contributed by atoms with van der Waals surface area (Å²) in [5, 5.41) is 0.615. The zero-order valence-corrected chi connectivity index (χ0v) is 10.9. The molecule has 18 heavy (non-hydrogen) atoms. The molecule has 1 unspecified atom stereocenters. The van der Waals surface area contributed by atoms with Gasteiger partial charge in [0.25, 0.3) is 0 Å². The molecule has 2 rings (SSSR count). The molecule has 1 aromatic carbocycles. The molecule has 4 heteroatoms. The molecule has 0 fully saturated rings. The highest BCUT2D eigenvalue weighted by Gasteiger charge is 2.02. The van der Waals surface area contributed by atoms with E-state index in [-0.39, 0.29) is 6.04 Å². The molecular formula is C14H15ClN2O. The van der Waals surface area contributed by atoms with Crippen LogP contribution in [0.15, 0.2) is 42.7 Å². The highest BCUT2D eigenvalue weighted by Crippen LogP contribution is 2.19. The van der Waals surface area contributed by atoms with Crippen LogP contribution in [0, 0.1) is 0 Å². The molecule has 3 nitrogen and oxygen atoms in total. The van der Waals surface area contributed by atoms with E-state index in [2.05, 4.69) is 4.98 Å². The lowest BCUT2D eigenvalue weighted by Crippen LogP contribution is -2.04. The highest BCUT2D eigenvalue weighted by atomic mass is 35.5. The Bertz CT molecular complexity index is 511. The summed E-state index contributed by atoms with van der Waals surface area (Å²) < 4.78 is 5.65. The zero-order valence-electron chi connectivity index (χ0n) is 10.1. The van der Waals surface area contributed by atoms with E-state index in [0.29, 0.717) is 11.6 Å². The number of aromatic nitrogens is 1. The Kier molecular flexibility index (Phi) is 4.18. The van der Waals surface area contributed by atoms with Gasteiger partial charge in [-0.3, -0.25) is 4.98 Å². The quantitative estimate of drug-likeness (QED) is 0.919. The summed E-state index contributed by atoms with van der Waals surface area (Å²) in [7, 11) is 0. The first-order valence-electron chi connectivity index (χ1n) is 5.73. The van der Waals surface area contributed by atoms with Crippen LogP contribution in [0.25, 0.3) is 0 Å². The lowest BCUT2D eigenvalue weighted by molar-refractivity contribution is 0.306. The number of ether oxygens (including phenoxy) is 1. The van der Waals surface area contributed by atoms with Gasteiger partial charge < -0.3 is 10.5 Å². The SMILES string of the molecule is CC(N)c1ccc(OCc2ccncc2Cl)cc1. The summed E-state index contributed by atoms with van der Waals surface area (Å²) in [5.74, 6) is 0.798. The smallest absolute Gasteiger partial charge is 0.119 e. The van der Waals surface area contributed by atoms with E-state index in [1.54, 1.807) is 12.4 Å². The summed E-state index contributed by atoms with van der Waals surface area (Å²) in [4.78, 5) is 3.93. The molecule has 0 radical (unpaired) electrons. The fourth-order valence-corrected chi connectivity index (χ4v) is 1.72. The van der Waals surface area contributed by atoms with E-state index in [4.69, 9.17) is 22.1 Å². The predicted octanol–water partition coefficient (Wildman–Crippen LogP) is 3.33. The molecule has 0 aliphatic rings. The van der Waals surface area contributed by atoms with Crippen molar-refractivity contribution < 1.29 is 4.74 Å². The molecule has 2 N–H and O–H groups in total. The van der Waals surface area contributed by atoms with Crippen LogP contribution < -0.4 is 10.5 Å². The fourth-order valence-electron chi connectivity index (χ4n) is 1.55. The molecule has 0 saturated heterocycles. The molecule has 1 atom stereocenters. The first-order chi connectivity index (χ1) is 8.66. The summed E-state index contributed by atoms with van der Waals surface area (Å²) in [6.07, 6.45) is 3.31. The van der Waals surface area contributed by atoms with Gasteiger partial charge in [0.1, 0.15) is 12.4 Å². The van der Waals surface area contributed by atoms with Crippen LogP contribution in [0.5, 0.6) is 5.75 Å². The van der Waals surface area contributed by atoms with Crippen molar-refractivity contribution >= 4 is 11.6 Å². The second-order valence-corrected chi connectivity index (χ2v) is 4.52. The van der Waals surface area contributed by atoms with Gasteiger partial charge in [-0.25, -0.2) is 0 Å². The maximum atomic E-state index is 6.00. The maximum absolute atomic E-state index is 6.00. The number of nitrogens with zero attached hydrogens (tertiary/aromatic N) is 1. The second-order valence-electron chi connectivity index (χ2n) is 4.11. The van der Waals surface area contributed by atoms with Gasteiger partial charge in [-0.2, -0.15) is 0 Å². The van der Waals surface area contributed by atoms with Crippen molar-refractivity contribution in [3.8, 4) is 5.75 Å². The molecule has 1 heterocycles. The summed E-state index contributed by atoms with van der Waals surface area (Å²) in [6, 6.07) is 9.64. The monoisotopic (exact) mass is 262 g/mol. The van der Waals surface area contributed by atoms with Crippen LogP contribution in [-0.4, -0.2) is 4.98 Å². The molecule has 94 valence electrons. The number of nitrogens with two attached hydrogens (primary N) is 1. The first kappa shape index (κ1) is 12.9. The number of hydrogen-bond acceptors (Lipinski definition) is 3. The Balaban J connectivity index is 2.00. The first-order valence-corrected chi connectivity index (χ1v) is 6.11. The minimum Gasteiger partial charge on any atom is -0.489 e. The molecular weight excluding hydrogens is 248 g/mol. The van der Waals surface area contributed by atoms with E-state index < -0.39 is 0 Å². The van der Waals surface area contributed by atoms with E-state index >= 15 is 0 Å². The zero-order chi connectivity index (χ0) is 13.0. The van der Waals surface area contributed by atoms with Crippen LogP contribution in [-0.2, 0) is 6.61 Å². The molecule has 0 amide bonds. The number of pyridine rings is 1. The van der Waals surface area contributed by atoms with Crippen molar-refractivity contribution in [1.29, 1.82) is 0 Å². The van der Waals surface area contributed by atoms with Gasteiger partial charge in [-0.05, 0) is 30.7 Å². The second kappa shape index (κ2) is 5.85. The number of benzene rings is 1. The topological polar surface area (TPSA) is 48.1 Å². The van der Waals surface area contributed by atoms with E-state index in [1.165, 1.54) is 0 Å². The van der Waals surface area contributed by atoms with Crippen LogP contribution in [0.4, 0.5) is 0 Å². The van der Waals surface area contributed by atoms with Gasteiger partial charge in [0.15, 0.2) is 0 Å². The highest BCUT2D eigenvalue weighted by molar-refractivity contribution is 6.31. The van der Waals surface area contributed by atoms with Crippen LogP contribution in [0.2, 0.25) is 5.02 Å². The maximum Gasteiger partial charge on any atom is 0.119 e. The van der Waals surface area contributed by atoms with Gasteiger partial charge in [0.2, 0.25) is 0 Å². The van der Waals surface area contributed by atoms with Crippen molar-refractivity contribution in [2.75, 3.05) is 0 Å². The molecule has 0 spiro atoms. The Labute approximate surface area is 112 Å². The predicted molar refractivity (Wildman–Crippen MR) is 72.6 cm³/mol. The van der Waals surface area contributed by atoms with Gasteiger partial charge in [-0.15, -0.1) is 0 Å². The normalized spacial score (nSPS) is 12.2. The van der Waals surface area contributed by atoms with Gasteiger partial charge in [0, 0.05) is 24.0 Å². The van der Waals surface area contributed by atoms with Crippen LogP contribution >= 0.6 is 11.6 Å². The Morgan fingerprint density at radius 3 is 2.61 bits per heavy atom. The van der Waals surface area contributed by atoms with Crippen molar-refractivity contribution in [3.05, 3.63) is 58.9 Å². The van der Waals surface area contributed by atoms with Crippen molar-refractivity contribution in [1.82, 2.24) is 4.98 Å². The van der Waals surface area contributed by atoms with Crippen LogP contribution in [0.3, 0.4) is 0 Å². The minimum absolute atomic E-state index is 0.0358. The average molecular weight is 263 g/mol. The third-order valence-corrected chi connectivity index (χ3v) is 3.00. The molecule has 0 aliphatic heterocycles. The fraction of sp³-hybridized carbons (Fsp3) is 0.214. The Morgan fingerprint density at radius 2 is 2.00 bits per heavy atom. The van der Waals surface area contributed by atoms with Crippen molar-refractivity contribution in [2.45, 2.75) is 19.6 Å². The summed E-state index contributed by atoms with van der Waals surface area (Å²) in [5.41, 5.74) is 7.79. The third-order valence-electron chi connectivity index (χ3n) is 2.66. The number of rotatable bonds is 4. The van der Waals surface area contributed by atoms with E-state index in [1.807, 2.05) is 37.3 Å². The molecule has 0 saturated carbocycles. The average Bonchev–Trinajstić information content (AvgIpc) is 2.38. The molecule has 0 aliphatic carbocycles. The van der Waals surface area contributed by atoms with E-state index in [0.717, 1.165) is 16.9 Å². The van der Waals surface area contributed by atoms with Crippen LogP contribution in [0.1, 0.15) is 24.1 Å². The largest absolute Gasteiger partial charge is 0.489 e. The lowest BCUT2D eigenvalue weighted by atomic mass is 10.1.